The van der Waals surface area contributed by atoms with E-state index in [0.29, 0.717) is 11.4 Å². The van der Waals surface area contributed by atoms with Crippen LogP contribution in [0.4, 0.5) is 0 Å². The van der Waals surface area contributed by atoms with Gasteiger partial charge in [-0.15, -0.1) is 0 Å². The van der Waals surface area contributed by atoms with Crippen molar-refractivity contribution in [3.8, 4) is 0 Å². The third-order valence-corrected chi connectivity index (χ3v) is 3.04. The third kappa shape index (κ3) is 3.06. The van der Waals surface area contributed by atoms with E-state index in [2.05, 4.69) is 6.08 Å². The molecule has 1 aliphatic carbocycles. The Morgan fingerprint density at radius 1 is 1.18 bits per heavy atom. The van der Waals surface area contributed by atoms with E-state index in [1.807, 2.05) is 30.3 Å². The third-order valence-electron chi connectivity index (χ3n) is 3.04. The van der Waals surface area contributed by atoms with Gasteiger partial charge in [-0.25, -0.2) is 0 Å². The first-order chi connectivity index (χ1) is 8.27. The second kappa shape index (κ2) is 5.48. The molecule has 0 atom stereocenters. The Labute approximate surface area is 102 Å². The zero-order chi connectivity index (χ0) is 12.1. The van der Waals surface area contributed by atoms with E-state index in [-0.39, 0.29) is 0 Å². The molecule has 2 nitrogen and oxygen atoms in total. The summed E-state index contributed by atoms with van der Waals surface area (Å²) in [5.74, 6) is 0. The van der Waals surface area contributed by atoms with Gasteiger partial charge in [0.15, 0.2) is 0 Å². The zero-order valence-electron chi connectivity index (χ0n) is 9.95. The van der Waals surface area contributed by atoms with Gasteiger partial charge in [0.2, 0.25) is 0 Å². The van der Waals surface area contributed by atoms with Crippen molar-refractivity contribution in [1.29, 1.82) is 5.41 Å². The van der Waals surface area contributed by atoms with Crippen LogP contribution in [0.25, 0.3) is 5.70 Å². The van der Waals surface area contributed by atoms with Crippen LogP contribution in [0.2, 0.25) is 0 Å². The van der Waals surface area contributed by atoms with Gasteiger partial charge >= 0.3 is 0 Å². The molecule has 1 aromatic carbocycles. The number of rotatable bonds is 3. The van der Waals surface area contributed by atoms with Crippen LogP contribution in [0.15, 0.2) is 48.1 Å². The SMILES string of the molecule is N=C(C=C(N)c1ccccc1)C1=CCCCC1. The molecule has 2 rings (SSSR count). The second-order valence-electron chi connectivity index (χ2n) is 4.35. The van der Waals surface area contributed by atoms with E-state index in [9.17, 15) is 0 Å². The van der Waals surface area contributed by atoms with Crippen LogP contribution < -0.4 is 5.73 Å². The summed E-state index contributed by atoms with van der Waals surface area (Å²) in [6.07, 6.45) is 8.48. The molecule has 0 radical (unpaired) electrons. The van der Waals surface area contributed by atoms with E-state index in [4.69, 9.17) is 11.1 Å². The minimum atomic E-state index is 0.561. The van der Waals surface area contributed by atoms with Gasteiger partial charge in [0.25, 0.3) is 0 Å². The maximum atomic E-state index is 8.04. The zero-order valence-corrected chi connectivity index (χ0v) is 9.95. The second-order valence-corrected chi connectivity index (χ2v) is 4.35. The largest absolute Gasteiger partial charge is 0.398 e. The Kier molecular flexibility index (Phi) is 3.76. The standard InChI is InChI=1S/C15H18N2/c16-14(12-7-3-1-4-8-12)11-15(17)13-9-5-2-6-10-13/h1,3-4,7-9,11,17H,2,5-6,10,16H2. The monoisotopic (exact) mass is 226 g/mol. The Morgan fingerprint density at radius 2 is 1.94 bits per heavy atom. The highest BCUT2D eigenvalue weighted by Crippen LogP contribution is 2.19. The fourth-order valence-corrected chi connectivity index (χ4v) is 2.04. The summed E-state index contributed by atoms with van der Waals surface area (Å²) in [7, 11) is 0. The highest BCUT2D eigenvalue weighted by Gasteiger charge is 2.07. The number of nitrogens with one attached hydrogen (secondary N) is 1. The predicted molar refractivity (Wildman–Crippen MR) is 72.9 cm³/mol. The molecule has 0 spiro atoms. The van der Waals surface area contributed by atoms with Crippen molar-refractivity contribution in [2.24, 2.45) is 5.73 Å². The van der Waals surface area contributed by atoms with Crippen molar-refractivity contribution in [1.82, 2.24) is 0 Å². The van der Waals surface area contributed by atoms with Gasteiger partial charge in [-0.2, -0.15) is 0 Å². The molecule has 1 aromatic rings. The van der Waals surface area contributed by atoms with Crippen LogP contribution in [0.5, 0.6) is 0 Å². The van der Waals surface area contributed by atoms with Crippen molar-refractivity contribution in [2.45, 2.75) is 25.7 Å². The molecule has 0 heterocycles. The van der Waals surface area contributed by atoms with E-state index in [1.165, 1.54) is 12.8 Å². The smallest absolute Gasteiger partial charge is 0.0589 e. The van der Waals surface area contributed by atoms with Crippen molar-refractivity contribution >= 4 is 11.4 Å². The van der Waals surface area contributed by atoms with Crippen LogP contribution in [0, 0.1) is 5.41 Å². The molecular formula is C15H18N2. The fraction of sp³-hybridized carbons (Fsp3) is 0.267. The number of hydrogen-bond donors (Lipinski definition) is 2. The van der Waals surface area contributed by atoms with Crippen LogP contribution in [0.3, 0.4) is 0 Å². The Bertz CT molecular complexity index is 455. The molecule has 0 fully saturated rings. The average Bonchev–Trinajstić information content (AvgIpc) is 2.40. The van der Waals surface area contributed by atoms with Crippen LogP contribution in [-0.2, 0) is 0 Å². The number of hydrogen-bond acceptors (Lipinski definition) is 2. The first-order valence-corrected chi connectivity index (χ1v) is 6.08. The fourth-order valence-electron chi connectivity index (χ4n) is 2.04. The van der Waals surface area contributed by atoms with Crippen LogP contribution in [-0.4, -0.2) is 5.71 Å². The van der Waals surface area contributed by atoms with Gasteiger partial charge in [-0.05, 0) is 42.9 Å². The van der Waals surface area contributed by atoms with E-state index in [0.717, 1.165) is 24.0 Å². The van der Waals surface area contributed by atoms with E-state index >= 15 is 0 Å². The van der Waals surface area contributed by atoms with Crippen molar-refractivity contribution in [3.63, 3.8) is 0 Å². The van der Waals surface area contributed by atoms with Gasteiger partial charge < -0.3 is 11.1 Å². The molecule has 0 saturated heterocycles. The topological polar surface area (TPSA) is 49.9 Å². The predicted octanol–water partition coefficient (Wildman–Crippen LogP) is 3.51. The molecule has 0 bridgehead atoms. The van der Waals surface area contributed by atoms with Gasteiger partial charge in [0.1, 0.15) is 0 Å². The summed E-state index contributed by atoms with van der Waals surface area (Å²) in [6.45, 7) is 0. The van der Waals surface area contributed by atoms with Gasteiger partial charge in [-0.1, -0.05) is 36.4 Å². The lowest BCUT2D eigenvalue weighted by Gasteiger charge is -2.12. The molecule has 17 heavy (non-hydrogen) atoms. The Balaban J connectivity index is 2.14. The molecule has 3 N–H and O–H groups in total. The molecule has 2 heteroatoms. The average molecular weight is 226 g/mol. The minimum Gasteiger partial charge on any atom is -0.398 e. The van der Waals surface area contributed by atoms with Crippen LogP contribution >= 0.6 is 0 Å². The van der Waals surface area contributed by atoms with Gasteiger partial charge in [0.05, 0.1) is 5.71 Å². The van der Waals surface area contributed by atoms with Crippen molar-refractivity contribution in [2.75, 3.05) is 0 Å². The Hall–Kier alpha value is -1.83. The lowest BCUT2D eigenvalue weighted by Crippen LogP contribution is -2.05. The summed E-state index contributed by atoms with van der Waals surface area (Å²) in [4.78, 5) is 0. The minimum absolute atomic E-state index is 0.561. The number of nitrogens with two attached hydrogens (primary N) is 1. The Morgan fingerprint density at radius 3 is 2.59 bits per heavy atom. The first-order valence-electron chi connectivity index (χ1n) is 6.08. The van der Waals surface area contributed by atoms with Crippen molar-refractivity contribution in [3.05, 3.63) is 53.6 Å². The summed E-state index contributed by atoms with van der Waals surface area (Å²) < 4.78 is 0. The molecule has 0 aliphatic heterocycles. The highest BCUT2D eigenvalue weighted by atomic mass is 14.6. The molecule has 0 unspecified atom stereocenters. The summed E-state index contributed by atoms with van der Waals surface area (Å²) in [5, 5.41) is 8.04. The van der Waals surface area contributed by atoms with Crippen LogP contribution in [0.1, 0.15) is 31.2 Å². The molecule has 88 valence electrons. The van der Waals surface area contributed by atoms with Crippen molar-refractivity contribution < 1.29 is 0 Å². The van der Waals surface area contributed by atoms with Gasteiger partial charge in [0, 0.05) is 5.70 Å². The maximum absolute atomic E-state index is 8.04. The highest BCUT2D eigenvalue weighted by molar-refractivity contribution is 6.09. The molecule has 0 amide bonds. The van der Waals surface area contributed by atoms with E-state index in [1.54, 1.807) is 6.08 Å². The van der Waals surface area contributed by atoms with Gasteiger partial charge in [-0.3, -0.25) is 0 Å². The summed E-state index contributed by atoms with van der Waals surface area (Å²) in [5.41, 5.74) is 9.34. The van der Waals surface area contributed by atoms with E-state index < -0.39 is 0 Å². The molecule has 0 saturated carbocycles. The number of benzene rings is 1. The molecule has 0 aromatic heterocycles. The lowest BCUT2D eigenvalue weighted by atomic mass is 9.95. The normalized spacial score (nSPS) is 16.5. The molecule has 1 aliphatic rings. The number of allylic oxidation sites excluding steroid dienone is 3. The first kappa shape index (κ1) is 11.6. The summed E-state index contributed by atoms with van der Waals surface area (Å²) in [6, 6.07) is 9.81. The quantitative estimate of drug-likeness (QED) is 0.761. The summed E-state index contributed by atoms with van der Waals surface area (Å²) >= 11 is 0. The molecular weight excluding hydrogens is 208 g/mol. The maximum Gasteiger partial charge on any atom is 0.0589 e. The lowest BCUT2D eigenvalue weighted by molar-refractivity contribution is 0.717.